The Kier molecular flexibility index (Phi) is 5.76. The van der Waals surface area contributed by atoms with E-state index in [1.54, 1.807) is 42.5 Å². The van der Waals surface area contributed by atoms with Crippen molar-refractivity contribution < 1.29 is 13.2 Å². The first-order chi connectivity index (χ1) is 10.9. The highest BCUT2D eigenvalue weighted by Crippen LogP contribution is 2.25. The van der Waals surface area contributed by atoms with Crippen LogP contribution in [0.3, 0.4) is 0 Å². The van der Waals surface area contributed by atoms with E-state index in [-0.39, 0.29) is 23.9 Å². The number of nitrogens with one attached hydrogen (secondary N) is 1. The molecule has 0 aliphatic heterocycles. The van der Waals surface area contributed by atoms with Crippen molar-refractivity contribution in [3.05, 3.63) is 59.6 Å². The van der Waals surface area contributed by atoms with E-state index in [0.29, 0.717) is 10.7 Å². The van der Waals surface area contributed by atoms with Gasteiger partial charge in [-0.15, -0.1) is 0 Å². The number of carbonyl (C=O) groups excluding carboxylic acids is 1. The molecule has 0 fully saturated rings. The molecule has 0 atom stereocenters. The average Bonchev–Trinajstić information content (AvgIpc) is 2.53. The lowest BCUT2D eigenvalue weighted by molar-refractivity contribution is -0.116. The fourth-order valence-corrected chi connectivity index (χ4v) is 3.37. The number of carbonyl (C=O) groups is 1. The molecule has 0 aromatic heterocycles. The van der Waals surface area contributed by atoms with E-state index in [2.05, 4.69) is 4.72 Å². The van der Waals surface area contributed by atoms with E-state index >= 15 is 0 Å². The van der Waals surface area contributed by atoms with Crippen LogP contribution < -0.4 is 9.62 Å². The van der Waals surface area contributed by atoms with Crippen LogP contribution in [0.1, 0.15) is 6.92 Å². The number of hydrogen-bond acceptors (Lipinski definition) is 3. The zero-order valence-corrected chi connectivity index (χ0v) is 14.1. The summed E-state index contributed by atoms with van der Waals surface area (Å²) >= 11 is 6.10. The topological polar surface area (TPSA) is 66.5 Å². The Bertz CT molecular complexity index is 779. The third-order valence-corrected chi connectivity index (χ3v) is 5.00. The molecule has 0 bridgehead atoms. The highest BCUT2D eigenvalue weighted by Gasteiger charge is 2.17. The van der Waals surface area contributed by atoms with Crippen LogP contribution >= 0.6 is 11.6 Å². The fraction of sp³-hybridized carbons (Fsp3) is 0.188. The molecule has 0 radical (unpaired) electrons. The van der Waals surface area contributed by atoms with Gasteiger partial charge < -0.3 is 4.90 Å². The Morgan fingerprint density at radius 1 is 1.09 bits per heavy atom. The molecular weight excluding hydrogens is 336 g/mol. The molecule has 1 N–H and O–H groups in total. The zero-order chi connectivity index (χ0) is 16.9. The van der Waals surface area contributed by atoms with Crippen LogP contribution in [0, 0.1) is 0 Å². The SMILES string of the molecule is CC(=O)N(CCNS(=O)(=O)c1ccccc1)c1ccccc1Cl. The Labute approximate surface area is 140 Å². The van der Waals surface area contributed by atoms with Crippen LogP contribution in [0.2, 0.25) is 5.02 Å². The predicted molar refractivity (Wildman–Crippen MR) is 91.1 cm³/mol. The third kappa shape index (κ3) is 4.54. The van der Waals surface area contributed by atoms with Gasteiger partial charge >= 0.3 is 0 Å². The quantitative estimate of drug-likeness (QED) is 0.869. The van der Waals surface area contributed by atoms with Gasteiger partial charge in [0.05, 0.1) is 15.6 Å². The first-order valence-electron chi connectivity index (χ1n) is 6.99. The van der Waals surface area contributed by atoms with E-state index < -0.39 is 10.0 Å². The maximum Gasteiger partial charge on any atom is 0.240 e. The molecule has 0 saturated heterocycles. The van der Waals surface area contributed by atoms with E-state index in [1.165, 1.54) is 24.0 Å². The molecule has 23 heavy (non-hydrogen) atoms. The van der Waals surface area contributed by atoms with Crippen molar-refractivity contribution in [1.29, 1.82) is 0 Å². The minimum atomic E-state index is -3.59. The van der Waals surface area contributed by atoms with Gasteiger partial charge in [-0.2, -0.15) is 0 Å². The number of amides is 1. The molecule has 5 nitrogen and oxygen atoms in total. The number of hydrogen-bond donors (Lipinski definition) is 1. The van der Waals surface area contributed by atoms with Gasteiger partial charge in [0, 0.05) is 20.0 Å². The van der Waals surface area contributed by atoms with Crippen LogP contribution in [0.15, 0.2) is 59.5 Å². The molecule has 0 aliphatic rings. The summed E-state index contributed by atoms with van der Waals surface area (Å²) in [7, 11) is -3.59. The Morgan fingerprint density at radius 3 is 2.30 bits per heavy atom. The van der Waals surface area contributed by atoms with Gasteiger partial charge in [0.1, 0.15) is 0 Å². The Balaban J connectivity index is 2.06. The lowest BCUT2D eigenvalue weighted by atomic mass is 10.3. The van der Waals surface area contributed by atoms with Gasteiger partial charge in [-0.05, 0) is 24.3 Å². The molecule has 2 rings (SSSR count). The van der Waals surface area contributed by atoms with E-state index in [4.69, 9.17) is 11.6 Å². The van der Waals surface area contributed by atoms with Gasteiger partial charge in [-0.25, -0.2) is 13.1 Å². The molecule has 0 unspecified atom stereocenters. The van der Waals surface area contributed by atoms with Crippen LogP contribution in [0.4, 0.5) is 5.69 Å². The predicted octanol–water partition coefficient (Wildman–Crippen LogP) is 2.67. The highest BCUT2D eigenvalue weighted by molar-refractivity contribution is 7.89. The number of anilines is 1. The minimum Gasteiger partial charge on any atom is -0.310 e. The summed E-state index contributed by atoms with van der Waals surface area (Å²) in [6.45, 7) is 1.68. The number of halogens is 1. The molecule has 2 aromatic rings. The van der Waals surface area contributed by atoms with Gasteiger partial charge in [0.25, 0.3) is 0 Å². The maximum absolute atomic E-state index is 12.1. The van der Waals surface area contributed by atoms with Crippen LogP contribution in [0.5, 0.6) is 0 Å². The monoisotopic (exact) mass is 352 g/mol. The van der Waals surface area contributed by atoms with Crippen molar-refractivity contribution in [1.82, 2.24) is 4.72 Å². The smallest absolute Gasteiger partial charge is 0.240 e. The van der Waals surface area contributed by atoms with Crippen LogP contribution in [-0.4, -0.2) is 27.4 Å². The normalized spacial score (nSPS) is 11.2. The van der Waals surface area contributed by atoms with Crippen molar-refractivity contribution in [2.75, 3.05) is 18.0 Å². The molecular formula is C16H17ClN2O3S. The summed E-state index contributed by atoms with van der Waals surface area (Å²) in [5.41, 5.74) is 0.556. The second-order valence-electron chi connectivity index (χ2n) is 4.83. The van der Waals surface area contributed by atoms with Crippen LogP contribution in [-0.2, 0) is 14.8 Å². The second kappa shape index (κ2) is 7.59. The maximum atomic E-state index is 12.1. The van der Waals surface area contributed by atoms with Crippen molar-refractivity contribution >= 4 is 33.2 Å². The van der Waals surface area contributed by atoms with Crippen molar-refractivity contribution in [3.8, 4) is 0 Å². The molecule has 122 valence electrons. The highest BCUT2D eigenvalue weighted by atomic mass is 35.5. The van der Waals surface area contributed by atoms with Gasteiger partial charge in [0.15, 0.2) is 0 Å². The fourth-order valence-electron chi connectivity index (χ4n) is 2.09. The lowest BCUT2D eigenvalue weighted by Gasteiger charge is -2.22. The van der Waals surface area contributed by atoms with Gasteiger partial charge in [-0.3, -0.25) is 4.79 Å². The summed E-state index contributed by atoms with van der Waals surface area (Å²) in [6, 6.07) is 15.0. The van der Waals surface area contributed by atoms with Crippen molar-refractivity contribution in [3.63, 3.8) is 0 Å². The summed E-state index contributed by atoms with van der Waals surface area (Å²) in [5, 5.41) is 0.439. The molecule has 7 heteroatoms. The second-order valence-corrected chi connectivity index (χ2v) is 7.01. The minimum absolute atomic E-state index is 0.0853. The Hall–Kier alpha value is -1.89. The first kappa shape index (κ1) is 17.5. The molecule has 0 spiro atoms. The summed E-state index contributed by atoms with van der Waals surface area (Å²) in [4.78, 5) is 13.4. The van der Waals surface area contributed by atoms with Gasteiger partial charge in [0.2, 0.25) is 15.9 Å². The molecule has 0 aliphatic carbocycles. The Morgan fingerprint density at radius 2 is 1.70 bits per heavy atom. The van der Waals surface area contributed by atoms with Gasteiger partial charge in [-0.1, -0.05) is 41.9 Å². The van der Waals surface area contributed by atoms with Crippen LogP contribution in [0.25, 0.3) is 0 Å². The number of nitrogens with zero attached hydrogens (tertiary/aromatic N) is 1. The molecule has 1 amide bonds. The third-order valence-electron chi connectivity index (χ3n) is 3.20. The van der Waals surface area contributed by atoms with E-state index in [9.17, 15) is 13.2 Å². The molecule has 0 heterocycles. The largest absolute Gasteiger partial charge is 0.310 e. The van der Waals surface area contributed by atoms with Crippen molar-refractivity contribution in [2.45, 2.75) is 11.8 Å². The number of sulfonamides is 1. The van der Waals surface area contributed by atoms with E-state index in [1.807, 2.05) is 0 Å². The first-order valence-corrected chi connectivity index (χ1v) is 8.85. The summed E-state index contributed by atoms with van der Waals surface area (Å²) in [6.07, 6.45) is 0. The molecule has 2 aromatic carbocycles. The van der Waals surface area contributed by atoms with E-state index in [0.717, 1.165) is 0 Å². The number of benzene rings is 2. The summed E-state index contributed by atoms with van der Waals surface area (Å²) in [5.74, 6) is -0.211. The number of para-hydroxylation sites is 1. The molecule has 0 saturated carbocycles. The zero-order valence-electron chi connectivity index (χ0n) is 12.6. The average molecular weight is 353 g/mol. The number of rotatable bonds is 6. The van der Waals surface area contributed by atoms with Crippen molar-refractivity contribution in [2.24, 2.45) is 0 Å². The lowest BCUT2D eigenvalue weighted by Crippen LogP contribution is -2.37. The summed E-state index contributed by atoms with van der Waals surface area (Å²) < 4.78 is 26.8. The standard InChI is InChI=1S/C16H17ClN2O3S/c1-13(20)19(16-10-6-5-9-15(16)17)12-11-18-23(21,22)14-7-3-2-4-8-14/h2-10,18H,11-12H2,1H3.